The van der Waals surface area contributed by atoms with Gasteiger partial charge in [-0.15, -0.1) is 0 Å². The molecule has 124 valence electrons. The maximum Gasteiger partial charge on any atom is 0.243 e. The Morgan fingerprint density at radius 3 is 2.52 bits per heavy atom. The molecule has 0 aromatic heterocycles. The monoisotopic (exact) mass is 314 g/mol. The van der Waals surface area contributed by atoms with Crippen LogP contribution in [0, 0.1) is 6.92 Å². The van der Waals surface area contributed by atoms with Crippen molar-refractivity contribution in [3.05, 3.63) is 35.4 Å². The highest BCUT2D eigenvalue weighted by molar-refractivity contribution is 5.91. The Labute approximate surface area is 138 Å². The van der Waals surface area contributed by atoms with Crippen molar-refractivity contribution in [2.75, 3.05) is 0 Å². The summed E-state index contributed by atoms with van der Waals surface area (Å²) in [5.41, 5.74) is 2.31. The van der Waals surface area contributed by atoms with E-state index in [0.717, 1.165) is 18.4 Å². The number of nitrogens with one attached hydrogen (secondary N) is 1. The fourth-order valence-corrected chi connectivity index (χ4v) is 3.79. The maximum atomic E-state index is 12.6. The second-order valence-electron chi connectivity index (χ2n) is 6.85. The summed E-state index contributed by atoms with van der Waals surface area (Å²) in [5, 5.41) is 3.02. The molecule has 0 unspecified atom stereocenters. The molecule has 3 rings (SSSR count). The first-order valence-corrected chi connectivity index (χ1v) is 8.79. The predicted molar refractivity (Wildman–Crippen MR) is 89.8 cm³/mol. The summed E-state index contributed by atoms with van der Waals surface area (Å²) >= 11 is 0. The highest BCUT2D eigenvalue weighted by Crippen LogP contribution is 2.30. The summed E-state index contributed by atoms with van der Waals surface area (Å²) in [5.74, 6) is 0.161. The van der Waals surface area contributed by atoms with E-state index >= 15 is 0 Å². The molecular weight excluding hydrogens is 288 g/mol. The predicted octanol–water partition coefficient (Wildman–Crippen LogP) is 2.93. The third kappa shape index (κ3) is 3.74. The summed E-state index contributed by atoms with van der Waals surface area (Å²) in [6.45, 7) is 2.58. The molecule has 1 aromatic rings. The molecule has 1 atom stereocenters. The van der Waals surface area contributed by atoms with Crippen molar-refractivity contribution in [3.63, 3.8) is 0 Å². The van der Waals surface area contributed by atoms with Crippen LogP contribution < -0.4 is 5.32 Å². The van der Waals surface area contributed by atoms with Gasteiger partial charge in [0.2, 0.25) is 11.8 Å². The highest BCUT2D eigenvalue weighted by atomic mass is 16.2. The van der Waals surface area contributed by atoms with Gasteiger partial charge in [-0.3, -0.25) is 9.59 Å². The maximum absolute atomic E-state index is 12.6. The molecule has 1 heterocycles. The largest absolute Gasteiger partial charge is 0.350 e. The molecule has 1 saturated carbocycles. The van der Waals surface area contributed by atoms with Gasteiger partial charge in [0.1, 0.15) is 6.04 Å². The van der Waals surface area contributed by atoms with Gasteiger partial charge in [-0.05, 0) is 31.7 Å². The van der Waals surface area contributed by atoms with Crippen LogP contribution in [-0.4, -0.2) is 28.8 Å². The Hall–Kier alpha value is -1.84. The highest BCUT2D eigenvalue weighted by Gasteiger charge is 2.40. The quantitative estimate of drug-likeness (QED) is 0.929. The molecule has 2 aliphatic rings. The van der Waals surface area contributed by atoms with Crippen LogP contribution in [0.2, 0.25) is 0 Å². The van der Waals surface area contributed by atoms with E-state index in [1.165, 1.54) is 24.8 Å². The van der Waals surface area contributed by atoms with Crippen LogP contribution in [0.3, 0.4) is 0 Å². The molecule has 2 fully saturated rings. The number of carbonyl (C=O) groups excluding carboxylic acids is 2. The lowest BCUT2D eigenvalue weighted by molar-refractivity contribution is -0.138. The Balaban J connectivity index is 1.60. The third-order valence-corrected chi connectivity index (χ3v) is 5.11. The number of likely N-dealkylation sites (tertiary alicyclic amines) is 1. The second-order valence-corrected chi connectivity index (χ2v) is 6.85. The van der Waals surface area contributed by atoms with Crippen LogP contribution in [0.1, 0.15) is 56.1 Å². The lowest BCUT2D eigenvalue weighted by atomic mass is 9.93. The number of hydrogen-bond donors (Lipinski definition) is 1. The van der Waals surface area contributed by atoms with E-state index in [1.54, 1.807) is 0 Å². The number of aryl methyl sites for hydroxylation is 1. The molecule has 0 radical (unpaired) electrons. The van der Waals surface area contributed by atoms with Gasteiger partial charge >= 0.3 is 0 Å². The number of rotatable bonds is 4. The lowest BCUT2D eigenvalue weighted by Gasteiger charge is -2.35. The minimum atomic E-state index is -0.268. The van der Waals surface area contributed by atoms with Gasteiger partial charge in [-0.1, -0.05) is 49.1 Å². The molecule has 1 saturated heterocycles. The van der Waals surface area contributed by atoms with E-state index in [4.69, 9.17) is 0 Å². The average molecular weight is 314 g/mol. The minimum absolute atomic E-state index is 0.00185. The van der Waals surface area contributed by atoms with Gasteiger partial charge in [0, 0.05) is 19.0 Å². The summed E-state index contributed by atoms with van der Waals surface area (Å²) in [6.07, 6.45) is 6.87. The van der Waals surface area contributed by atoms with Crippen molar-refractivity contribution in [2.24, 2.45) is 0 Å². The molecule has 23 heavy (non-hydrogen) atoms. The number of benzene rings is 1. The fraction of sp³-hybridized carbons (Fsp3) is 0.579. The van der Waals surface area contributed by atoms with E-state index in [0.29, 0.717) is 19.4 Å². The molecule has 1 aromatic carbocycles. The van der Waals surface area contributed by atoms with Crippen LogP contribution >= 0.6 is 0 Å². The van der Waals surface area contributed by atoms with Gasteiger partial charge in [-0.25, -0.2) is 0 Å². The number of amides is 2. The van der Waals surface area contributed by atoms with Crippen LogP contribution in [0.25, 0.3) is 0 Å². The standard InChI is InChI=1S/C19H26N2O2/c1-14-7-9-15(10-8-14)13-20-19(23)17-11-12-18(22)21(17)16-5-3-2-4-6-16/h7-10,16-17H,2-6,11-13H2,1H3,(H,20,23)/t17-/m1/s1. The summed E-state index contributed by atoms with van der Waals surface area (Å²) in [4.78, 5) is 26.7. The van der Waals surface area contributed by atoms with Crippen LogP contribution in [0.15, 0.2) is 24.3 Å². The van der Waals surface area contributed by atoms with Crippen molar-refractivity contribution >= 4 is 11.8 Å². The van der Waals surface area contributed by atoms with Gasteiger partial charge in [0.15, 0.2) is 0 Å². The van der Waals surface area contributed by atoms with E-state index in [-0.39, 0.29) is 23.9 Å². The van der Waals surface area contributed by atoms with E-state index in [1.807, 2.05) is 17.0 Å². The summed E-state index contributed by atoms with van der Waals surface area (Å²) < 4.78 is 0. The number of carbonyl (C=O) groups is 2. The second kappa shape index (κ2) is 7.16. The zero-order valence-electron chi connectivity index (χ0n) is 13.9. The van der Waals surface area contributed by atoms with Gasteiger partial charge < -0.3 is 10.2 Å². The first kappa shape index (κ1) is 16.0. The van der Waals surface area contributed by atoms with Crippen molar-refractivity contribution in [1.29, 1.82) is 0 Å². The van der Waals surface area contributed by atoms with Crippen LogP contribution in [-0.2, 0) is 16.1 Å². The van der Waals surface area contributed by atoms with Crippen molar-refractivity contribution in [2.45, 2.75) is 70.5 Å². The van der Waals surface area contributed by atoms with E-state index in [2.05, 4.69) is 24.4 Å². The Morgan fingerprint density at radius 2 is 1.83 bits per heavy atom. The van der Waals surface area contributed by atoms with Crippen LogP contribution in [0.4, 0.5) is 0 Å². The first-order chi connectivity index (χ1) is 11.1. The zero-order valence-corrected chi connectivity index (χ0v) is 13.9. The van der Waals surface area contributed by atoms with Crippen molar-refractivity contribution < 1.29 is 9.59 Å². The topological polar surface area (TPSA) is 49.4 Å². The van der Waals surface area contributed by atoms with Crippen LogP contribution in [0.5, 0.6) is 0 Å². The van der Waals surface area contributed by atoms with E-state index in [9.17, 15) is 9.59 Å². The molecule has 1 aliphatic carbocycles. The molecule has 0 spiro atoms. The Morgan fingerprint density at radius 1 is 1.13 bits per heavy atom. The molecule has 4 heteroatoms. The summed E-state index contributed by atoms with van der Waals surface area (Å²) in [6, 6.07) is 8.18. The minimum Gasteiger partial charge on any atom is -0.350 e. The fourth-order valence-electron chi connectivity index (χ4n) is 3.79. The molecule has 1 aliphatic heterocycles. The Kier molecular flexibility index (Phi) is 4.99. The zero-order chi connectivity index (χ0) is 16.2. The normalized spacial score (nSPS) is 22.4. The SMILES string of the molecule is Cc1ccc(CNC(=O)[C@H]2CCC(=O)N2C2CCCCC2)cc1. The molecule has 2 amide bonds. The third-order valence-electron chi connectivity index (χ3n) is 5.11. The van der Waals surface area contributed by atoms with Gasteiger partial charge in [0.25, 0.3) is 0 Å². The van der Waals surface area contributed by atoms with E-state index < -0.39 is 0 Å². The first-order valence-electron chi connectivity index (χ1n) is 8.79. The molecule has 0 bridgehead atoms. The molecular formula is C19H26N2O2. The van der Waals surface area contributed by atoms with Gasteiger partial charge in [0.05, 0.1) is 0 Å². The van der Waals surface area contributed by atoms with Crippen molar-refractivity contribution in [3.8, 4) is 0 Å². The summed E-state index contributed by atoms with van der Waals surface area (Å²) in [7, 11) is 0. The van der Waals surface area contributed by atoms with Gasteiger partial charge in [-0.2, -0.15) is 0 Å². The number of hydrogen-bond acceptors (Lipinski definition) is 2. The lowest BCUT2D eigenvalue weighted by Crippen LogP contribution is -2.49. The molecule has 1 N–H and O–H groups in total. The Bertz CT molecular complexity index is 561. The smallest absolute Gasteiger partial charge is 0.243 e. The molecule has 4 nitrogen and oxygen atoms in total. The van der Waals surface area contributed by atoms with Crippen molar-refractivity contribution in [1.82, 2.24) is 10.2 Å². The number of nitrogens with zero attached hydrogens (tertiary/aromatic N) is 1. The average Bonchev–Trinajstić information content (AvgIpc) is 2.96.